The predicted molar refractivity (Wildman–Crippen MR) is 91.3 cm³/mol. The van der Waals surface area contributed by atoms with E-state index in [0.29, 0.717) is 6.61 Å². The Labute approximate surface area is 138 Å². The molecule has 0 fully saturated rings. The fourth-order valence-corrected chi connectivity index (χ4v) is 3.35. The van der Waals surface area contributed by atoms with Crippen molar-refractivity contribution in [3.8, 4) is 11.5 Å². The van der Waals surface area contributed by atoms with Gasteiger partial charge >= 0.3 is 0 Å². The molecule has 2 aromatic rings. The van der Waals surface area contributed by atoms with E-state index in [1.807, 2.05) is 23.6 Å². The van der Waals surface area contributed by atoms with Gasteiger partial charge in [-0.2, -0.15) is 0 Å². The van der Waals surface area contributed by atoms with Gasteiger partial charge in [-0.1, -0.05) is 13.0 Å². The van der Waals surface area contributed by atoms with E-state index >= 15 is 0 Å². The number of methoxy groups -OCH3 is 1. The van der Waals surface area contributed by atoms with Crippen molar-refractivity contribution in [3.05, 3.63) is 44.6 Å². The zero-order valence-corrected chi connectivity index (χ0v) is 14.7. The molecule has 0 saturated heterocycles. The summed E-state index contributed by atoms with van der Waals surface area (Å²) < 4.78 is 12.4. The Kier molecular flexibility index (Phi) is 6.08. The minimum absolute atomic E-state index is 0.184. The van der Waals surface area contributed by atoms with E-state index in [2.05, 4.69) is 28.9 Å². The molecule has 3 nitrogen and oxygen atoms in total. The summed E-state index contributed by atoms with van der Waals surface area (Å²) >= 11 is 5.17. The van der Waals surface area contributed by atoms with E-state index in [1.165, 1.54) is 5.56 Å². The largest absolute Gasteiger partial charge is 0.493 e. The summed E-state index contributed by atoms with van der Waals surface area (Å²) in [7, 11) is 1.66. The number of halogens is 1. The van der Waals surface area contributed by atoms with Crippen LogP contribution >= 0.6 is 27.3 Å². The first-order chi connectivity index (χ1) is 10.1. The van der Waals surface area contributed by atoms with Crippen molar-refractivity contribution in [2.75, 3.05) is 7.11 Å². The molecule has 5 heteroatoms. The first kappa shape index (κ1) is 16.3. The molecule has 2 N–H and O–H groups in total. The molecule has 0 spiro atoms. The summed E-state index contributed by atoms with van der Waals surface area (Å²) in [4.78, 5) is 1.16. The number of nitrogens with two attached hydrogens (primary N) is 1. The Morgan fingerprint density at radius 1 is 1.29 bits per heavy atom. The van der Waals surface area contributed by atoms with Gasteiger partial charge in [0.15, 0.2) is 11.5 Å². The maximum Gasteiger partial charge on any atom is 0.161 e. The lowest BCUT2D eigenvalue weighted by Gasteiger charge is -2.13. The van der Waals surface area contributed by atoms with Gasteiger partial charge in [-0.05, 0) is 57.9 Å². The van der Waals surface area contributed by atoms with Gasteiger partial charge in [-0.25, -0.2) is 0 Å². The summed E-state index contributed by atoms with van der Waals surface area (Å²) in [5.41, 5.74) is 7.17. The second kappa shape index (κ2) is 7.82. The van der Waals surface area contributed by atoms with Crippen LogP contribution in [0.1, 0.15) is 23.8 Å². The number of rotatable bonds is 7. The molecular weight excluding hydrogens is 350 g/mol. The molecule has 114 valence electrons. The molecule has 0 aliphatic rings. The third kappa shape index (κ3) is 4.46. The number of ether oxygens (including phenoxy) is 2. The third-order valence-corrected chi connectivity index (χ3v) is 5.20. The van der Waals surface area contributed by atoms with Crippen LogP contribution in [0.4, 0.5) is 0 Å². The number of benzene rings is 1. The molecule has 1 heterocycles. The summed E-state index contributed by atoms with van der Waals surface area (Å²) in [6.07, 6.45) is 1.82. The fraction of sp³-hybridized carbons (Fsp3) is 0.375. The van der Waals surface area contributed by atoms with E-state index in [-0.39, 0.29) is 6.04 Å². The van der Waals surface area contributed by atoms with Gasteiger partial charge in [0.05, 0.1) is 12.0 Å². The molecule has 0 aliphatic carbocycles. The molecule has 0 amide bonds. The maximum absolute atomic E-state index is 6.00. The second-order valence-corrected chi connectivity index (χ2v) is 6.69. The molecule has 2 rings (SSSR count). The van der Waals surface area contributed by atoms with Crippen molar-refractivity contribution in [1.29, 1.82) is 0 Å². The van der Waals surface area contributed by atoms with Crippen molar-refractivity contribution in [3.63, 3.8) is 0 Å². The number of hydrogen-bond acceptors (Lipinski definition) is 4. The third-order valence-electron chi connectivity index (χ3n) is 3.30. The van der Waals surface area contributed by atoms with Crippen molar-refractivity contribution in [2.24, 2.45) is 5.73 Å². The Balaban J connectivity index is 2.07. The molecule has 1 unspecified atom stereocenters. The molecule has 21 heavy (non-hydrogen) atoms. The van der Waals surface area contributed by atoms with Crippen LogP contribution in [-0.4, -0.2) is 13.2 Å². The quantitative estimate of drug-likeness (QED) is 0.787. The average Bonchev–Trinajstić information content (AvgIpc) is 2.90. The maximum atomic E-state index is 6.00. The highest BCUT2D eigenvalue weighted by Crippen LogP contribution is 2.31. The van der Waals surface area contributed by atoms with Gasteiger partial charge in [0.1, 0.15) is 6.61 Å². The first-order valence-corrected chi connectivity index (χ1v) is 8.58. The van der Waals surface area contributed by atoms with Crippen LogP contribution in [0.3, 0.4) is 0 Å². The molecule has 1 aromatic heterocycles. The van der Waals surface area contributed by atoms with Crippen LogP contribution in [0.15, 0.2) is 34.1 Å². The summed E-state index contributed by atoms with van der Waals surface area (Å²) in [6, 6.07) is 8.22. The number of thiophene rings is 1. The first-order valence-electron chi connectivity index (χ1n) is 6.91. The smallest absolute Gasteiger partial charge is 0.161 e. The topological polar surface area (TPSA) is 44.5 Å². The molecule has 0 bridgehead atoms. The van der Waals surface area contributed by atoms with E-state index in [1.54, 1.807) is 18.4 Å². The highest BCUT2D eigenvalue weighted by molar-refractivity contribution is 9.10. The van der Waals surface area contributed by atoms with Crippen molar-refractivity contribution in [1.82, 2.24) is 0 Å². The lowest BCUT2D eigenvalue weighted by molar-refractivity contribution is 0.286. The normalized spacial score (nSPS) is 12.2. The Morgan fingerprint density at radius 3 is 2.71 bits per heavy atom. The van der Waals surface area contributed by atoms with E-state index in [9.17, 15) is 0 Å². The standard InChI is InChI=1S/C16H20BrNO2S/c1-3-12(18)8-11-4-5-14(15(9-11)19-2)20-10-16-13(17)6-7-21-16/h4-7,9,12H,3,8,10,18H2,1-2H3. The Bertz CT molecular complexity index is 585. The fourth-order valence-electron chi connectivity index (χ4n) is 1.98. The van der Waals surface area contributed by atoms with Crippen LogP contribution in [-0.2, 0) is 13.0 Å². The second-order valence-electron chi connectivity index (χ2n) is 4.84. The van der Waals surface area contributed by atoms with E-state index in [4.69, 9.17) is 15.2 Å². The van der Waals surface area contributed by atoms with Crippen LogP contribution < -0.4 is 15.2 Å². The van der Waals surface area contributed by atoms with E-state index < -0.39 is 0 Å². The lowest BCUT2D eigenvalue weighted by atomic mass is 10.0. The van der Waals surface area contributed by atoms with Gasteiger partial charge in [-0.3, -0.25) is 0 Å². The van der Waals surface area contributed by atoms with Crippen LogP contribution in [0.25, 0.3) is 0 Å². The zero-order valence-electron chi connectivity index (χ0n) is 12.3. The van der Waals surface area contributed by atoms with Gasteiger partial charge in [0, 0.05) is 10.5 Å². The Morgan fingerprint density at radius 2 is 2.10 bits per heavy atom. The number of hydrogen-bond donors (Lipinski definition) is 1. The van der Waals surface area contributed by atoms with Crippen LogP contribution in [0, 0.1) is 0 Å². The van der Waals surface area contributed by atoms with E-state index in [0.717, 1.165) is 33.7 Å². The van der Waals surface area contributed by atoms with Gasteiger partial charge in [0.2, 0.25) is 0 Å². The molecular formula is C16H20BrNO2S. The lowest BCUT2D eigenvalue weighted by Crippen LogP contribution is -2.21. The van der Waals surface area contributed by atoms with Crippen LogP contribution in [0.2, 0.25) is 0 Å². The highest BCUT2D eigenvalue weighted by atomic mass is 79.9. The molecule has 0 radical (unpaired) electrons. The Hall–Kier alpha value is -1.04. The van der Waals surface area contributed by atoms with Crippen molar-refractivity contribution < 1.29 is 9.47 Å². The molecule has 1 atom stereocenters. The molecule has 0 aliphatic heterocycles. The van der Waals surface area contributed by atoms with Gasteiger partial charge in [-0.15, -0.1) is 11.3 Å². The van der Waals surface area contributed by atoms with Crippen molar-refractivity contribution in [2.45, 2.75) is 32.4 Å². The highest BCUT2D eigenvalue weighted by Gasteiger charge is 2.09. The monoisotopic (exact) mass is 369 g/mol. The SMILES string of the molecule is CCC(N)Cc1ccc(OCc2sccc2Br)c(OC)c1. The predicted octanol–water partition coefficient (Wildman–Crippen LogP) is 4.38. The minimum Gasteiger partial charge on any atom is -0.493 e. The van der Waals surface area contributed by atoms with Gasteiger partial charge in [0.25, 0.3) is 0 Å². The van der Waals surface area contributed by atoms with Crippen LogP contribution in [0.5, 0.6) is 11.5 Å². The van der Waals surface area contributed by atoms with Gasteiger partial charge < -0.3 is 15.2 Å². The minimum atomic E-state index is 0.184. The summed E-state index contributed by atoms with van der Waals surface area (Å²) in [6.45, 7) is 2.63. The average molecular weight is 370 g/mol. The molecule has 1 aromatic carbocycles. The summed E-state index contributed by atoms with van der Waals surface area (Å²) in [5, 5.41) is 2.04. The van der Waals surface area contributed by atoms with Crippen molar-refractivity contribution >= 4 is 27.3 Å². The zero-order chi connectivity index (χ0) is 15.2. The summed E-state index contributed by atoms with van der Waals surface area (Å²) in [5.74, 6) is 1.51. The molecule has 0 saturated carbocycles.